The Hall–Kier alpha value is -1.53. The summed E-state index contributed by atoms with van der Waals surface area (Å²) in [6, 6.07) is 5.93. The number of alkyl halides is 2. The van der Waals surface area contributed by atoms with Gasteiger partial charge in [-0.05, 0) is 30.5 Å². The van der Waals surface area contributed by atoms with Gasteiger partial charge < -0.3 is 20.5 Å². The Morgan fingerprint density at radius 1 is 1.23 bits per heavy atom. The van der Waals surface area contributed by atoms with Crippen LogP contribution in [-0.2, 0) is 13.0 Å². The molecule has 0 saturated carbocycles. The first-order valence-corrected chi connectivity index (χ1v) is 10.4. The first-order chi connectivity index (χ1) is 13.9. The van der Waals surface area contributed by atoms with E-state index in [0.717, 1.165) is 16.3 Å². The van der Waals surface area contributed by atoms with Crippen molar-refractivity contribution in [1.29, 1.82) is 0 Å². The van der Waals surface area contributed by atoms with Crippen LogP contribution in [0.4, 0.5) is 8.78 Å². The highest BCUT2D eigenvalue weighted by Crippen LogP contribution is 2.19. The number of hydrogen-bond donors (Lipinski definition) is 3. The molecule has 2 aromatic rings. The first-order valence-electron chi connectivity index (χ1n) is 9.56. The van der Waals surface area contributed by atoms with Crippen molar-refractivity contribution in [1.82, 2.24) is 15.6 Å². The Labute approximate surface area is 197 Å². The summed E-state index contributed by atoms with van der Waals surface area (Å²) in [7, 11) is 0. The van der Waals surface area contributed by atoms with E-state index in [9.17, 15) is 13.9 Å². The summed E-state index contributed by atoms with van der Waals surface area (Å²) in [5.41, 5.74) is 0.593. The molecule has 1 unspecified atom stereocenters. The second-order valence-corrected chi connectivity index (χ2v) is 8.06. The molecule has 0 aliphatic rings. The van der Waals surface area contributed by atoms with Gasteiger partial charge in [0.2, 0.25) is 0 Å². The molecule has 10 heteroatoms. The summed E-state index contributed by atoms with van der Waals surface area (Å²) in [4.78, 5) is 10.0. The largest absolute Gasteiger partial charge is 0.435 e. The van der Waals surface area contributed by atoms with Gasteiger partial charge in [-0.15, -0.1) is 35.3 Å². The van der Waals surface area contributed by atoms with E-state index >= 15 is 0 Å². The summed E-state index contributed by atoms with van der Waals surface area (Å²) < 4.78 is 28.7. The van der Waals surface area contributed by atoms with Crippen LogP contribution in [0.25, 0.3) is 0 Å². The number of benzene rings is 1. The Balaban J connectivity index is 0.00000450. The van der Waals surface area contributed by atoms with Crippen LogP contribution in [0.1, 0.15) is 42.3 Å². The summed E-state index contributed by atoms with van der Waals surface area (Å²) in [6.07, 6.45) is 1.99. The Morgan fingerprint density at radius 3 is 2.53 bits per heavy atom. The molecule has 1 heterocycles. The molecule has 1 aromatic heterocycles. The van der Waals surface area contributed by atoms with Gasteiger partial charge in [0.15, 0.2) is 5.96 Å². The SMILES string of the molecule is CCNC(=NCc1cnc(CC(C)C)s1)NCC(O)c1ccc(OC(F)F)cc1.I. The van der Waals surface area contributed by atoms with Gasteiger partial charge in [-0.2, -0.15) is 8.78 Å². The van der Waals surface area contributed by atoms with Gasteiger partial charge in [-0.3, -0.25) is 0 Å². The van der Waals surface area contributed by atoms with Crippen LogP contribution in [0.5, 0.6) is 5.75 Å². The smallest absolute Gasteiger partial charge is 0.387 e. The van der Waals surface area contributed by atoms with Crippen LogP contribution < -0.4 is 15.4 Å². The number of aliphatic imine (C=N–C) groups is 1. The van der Waals surface area contributed by atoms with Gasteiger partial charge >= 0.3 is 6.61 Å². The molecule has 1 atom stereocenters. The maximum atomic E-state index is 12.2. The number of aliphatic hydroxyl groups is 1. The molecule has 168 valence electrons. The lowest BCUT2D eigenvalue weighted by atomic mass is 10.1. The van der Waals surface area contributed by atoms with Gasteiger partial charge in [0.25, 0.3) is 0 Å². The molecule has 0 bridgehead atoms. The van der Waals surface area contributed by atoms with Gasteiger partial charge in [0.1, 0.15) is 5.75 Å². The van der Waals surface area contributed by atoms with Gasteiger partial charge in [0.05, 0.1) is 17.7 Å². The zero-order valence-corrected chi connectivity index (χ0v) is 20.4. The van der Waals surface area contributed by atoms with E-state index in [-0.39, 0.29) is 36.3 Å². The number of halogens is 3. The number of guanidine groups is 1. The van der Waals surface area contributed by atoms with Crippen molar-refractivity contribution in [2.75, 3.05) is 13.1 Å². The van der Waals surface area contributed by atoms with Crippen molar-refractivity contribution >= 4 is 41.3 Å². The van der Waals surface area contributed by atoms with Crippen LogP contribution in [0, 0.1) is 5.92 Å². The predicted molar refractivity (Wildman–Crippen MR) is 127 cm³/mol. The number of ether oxygens (including phenoxy) is 1. The highest BCUT2D eigenvalue weighted by atomic mass is 127. The number of rotatable bonds is 10. The second kappa shape index (κ2) is 13.7. The molecule has 30 heavy (non-hydrogen) atoms. The van der Waals surface area contributed by atoms with Crippen molar-refractivity contribution in [2.24, 2.45) is 10.9 Å². The minimum atomic E-state index is -2.87. The third-order valence-corrected chi connectivity index (χ3v) is 4.88. The molecule has 0 fully saturated rings. The quantitative estimate of drug-likeness (QED) is 0.231. The van der Waals surface area contributed by atoms with Gasteiger partial charge in [0, 0.05) is 30.6 Å². The average molecular weight is 554 g/mol. The molecular weight excluding hydrogens is 525 g/mol. The summed E-state index contributed by atoms with van der Waals surface area (Å²) in [6.45, 7) is 4.83. The Bertz CT molecular complexity index is 772. The molecule has 3 N–H and O–H groups in total. The van der Waals surface area contributed by atoms with Gasteiger partial charge in [-0.25, -0.2) is 9.98 Å². The summed E-state index contributed by atoms with van der Waals surface area (Å²) >= 11 is 1.66. The van der Waals surface area contributed by atoms with E-state index < -0.39 is 12.7 Å². The molecule has 0 spiro atoms. The number of hydrogen-bond acceptors (Lipinski definition) is 5. The van der Waals surface area contributed by atoms with Crippen molar-refractivity contribution in [3.63, 3.8) is 0 Å². The molecule has 6 nitrogen and oxygen atoms in total. The Morgan fingerprint density at radius 2 is 1.93 bits per heavy atom. The van der Waals surface area contributed by atoms with E-state index in [0.29, 0.717) is 30.5 Å². The lowest BCUT2D eigenvalue weighted by Gasteiger charge is -2.16. The molecule has 2 rings (SSSR count). The first kappa shape index (κ1) is 26.5. The minimum absolute atomic E-state index is 0. The fourth-order valence-electron chi connectivity index (χ4n) is 2.55. The molecule has 0 aliphatic heterocycles. The number of aromatic nitrogens is 1. The van der Waals surface area contributed by atoms with Crippen LogP contribution in [0.15, 0.2) is 35.5 Å². The second-order valence-electron chi connectivity index (χ2n) is 6.86. The maximum absolute atomic E-state index is 12.2. The summed E-state index contributed by atoms with van der Waals surface area (Å²) in [5.74, 6) is 1.21. The molecule has 0 saturated heterocycles. The highest BCUT2D eigenvalue weighted by molar-refractivity contribution is 14.0. The fourth-order valence-corrected chi connectivity index (χ4v) is 3.61. The minimum Gasteiger partial charge on any atom is -0.435 e. The normalized spacial score (nSPS) is 12.6. The fraction of sp³-hybridized carbons (Fsp3) is 0.500. The molecule has 0 amide bonds. The monoisotopic (exact) mass is 554 g/mol. The van der Waals surface area contributed by atoms with Crippen LogP contribution in [0.2, 0.25) is 0 Å². The zero-order valence-electron chi connectivity index (χ0n) is 17.3. The van der Waals surface area contributed by atoms with E-state index in [4.69, 9.17) is 0 Å². The van der Waals surface area contributed by atoms with Crippen molar-refractivity contribution in [3.8, 4) is 5.75 Å². The van der Waals surface area contributed by atoms with E-state index in [1.165, 1.54) is 12.1 Å². The topological polar surface area (TPSA) is 78.8 Å². The van der Waals surface area contributed by atoms with E-state index in [1.54, 1.807) is 23.5 Å². The van der Waals surface area contributed by atoms with Crippen LogP contribution in [0.3, 0.4) is 0 Å². The third kappa shape index (κ3) is 9.52. The third-order valence-electron chi connectivity index (χ3n) is 3.87. The lowest BCUT2D eigenvalue weighted by Crippen LogP contribution is -2.39. The molecule has 0 radical (unpaired) electrons. The average Bonchev–Trinajstić information content (AvgIpc) is 3.10. The number of aliphatic hydroxyl groups excluding tert-OH is 1. The molecule has 1 aromatic carbocycles. The van der Waals surface area contributed by atoms with E-state index in [2.05, 4.69) is 39.2 Å². The standard InChI is InChI=1S/C20H28F2N4O2S.HI/c1-4-23-20(25-11-16-10-24-18(29-16)9-13(2)3)26-12-17(27)14-5-7-15(8-6-14)28-19(21)22;/h5-8,10,13,17,19,27H,4,9,11-12H2,1-3H3,(H2,23,25,26);1H. The number of thiazole rings is 1. The molecule has 0 aliphatic carbocycles. The maximum Gasteiger partial charge on any atom is 0.387 e. The van der Waals surface area contributed by atoms with Crippen molar-refractivity contribution in [3.05, 3.63) is 45.9 Å². The van der Waals surface area contributed by atoms with E-state index in [1.807, 2.05) is 13.1 Å². The Kier molecular flexibility index (Phi) is 12.1. The van der Waals surface area contributed by atoms with Crippen LogP contribution >= 0.6 is 35.3 Å². The summed E-state index contributed by atoms with van der Waals surface area (Å²) in [5, 5.41) is 17.7. The van der Waals surface area contributed by atoms with Crippen molar-refractivity contribution in [2.45, 2.75) is 46.5 Å². The highest BCUT2D eigenvalue weighted by Gasteiger charge is 2.11. The lowest BCUT2D eigenvalue weighted by molar-refractivity contribution is -0.0498. The molecular formula is C20H29F2IN4O2S. The van der Waals surface area contributed by atoms with Gasteiger partial charge in [-0.1, -0.05) is 26.0 Å². The van der Waals surface area contributed by atoms with Crippen molar-refractivity contribution < 1.29 is 18.6 Å². The van der Waals surface area contributed by atoms with Crippen LogP contribution in [-0.4, -0.2) is 35.8 Å². The predicted octanol–water partition coefficient (Wildman–Crippen LogP) is 4.35. The number of nitrogens with one attached hydrogen (secondary N) is 2. The zero-order chi connectivity index (χ0) is 21.2. The number of nitrogens with zero attached hydrogens (tertiary/aromatic N) is 2.